The molecule has 182 valence electrons. The van der Waals surface area contributed by atoms with E-state index in [1.54, 1.807) is 11.1 Å². The second-order valence-corrected chi connectivity index (χ2v) is 12.9. The standard InChI is InChI=1S/C29H48O3/c1-19(2)8-7-9-20(3)24-10-11-25-23-13-17-29(31)18-22(32-21(4)30)12-16-28(29,6)26(23)14-15-27(24,25)5/h19-20,22,24-25,31H,7-18H2,1-6H3/t20-,22+,24-,25+,27-,28-,29-/m1/s1. The number of allylic oxidation sites excluding steroid dienone is 1. The van der Waals surface area contributed by atoms with Crippen LogP contribution in [-0.2, 0) is 9.53 Å². The van der Waals surface area contributed by atoms with Gasteiger partial charge in [0.15, 0.2) is 0 Å². The van der Waals surface area contributed by atoms with Crippen molar-refractivity contribution in [3.8, 4) is 0 Å². The maximum absolute atomic E-state index is 11.8. The zero-order valence-electron chi connectivity index (χ0n) is 21.6. The van der Waals surface area contributed by atoms with Crippen LogP contribution >= 0.6 is 0 Å². The van der Waals surface area contributed by atoms with E-state index in [0.717, 1.165) is 55.8 Å². The van der Waals surface area contributed by atoms with Crippen molar-refractivity contribution >= 4 is 5.97 Å². The molecule has 0 unspecified atom stereocenters. The highest BCUT2D eigenvalue weighted by Crippen LogP contribution is 2.66. The fraction of sp³-hybridized carbons (Fsp3) is 0.897. The number of hydrogen-bond donors (Lipinski definition) is 1. The molecule has 0 heterocycles. The number of aliphatic hydroxyl groups is 1. The van der Waals surface area contributed by atoms with Gasteiger partial charge in [-0.25, -0.2) is 0 Å². The van der Waals surface area contributed by atoms with Crippen molar-refractivity contribution in [3.05, 3.63) is 11.1 Å². The fourth-order valence-corrected chi connectivity index (χ4v) is 8.77. The summed E-state index contributed by atoms with van der Waals surface area (Å²) in [5.41, 5.74) is 2.91. The highest BCUT2D eigenvalue weighted by atomic mass is 16.5. The van der Waals surface area contributed by atoms with Gasteiger partial charge in [0.25, 0.3) is 0 Å². The average Bonchev–Trinajstić information content (AvgIpc) is 3.05. The molecule has 4 aliphatic rings. The Bertz CT molecular complexity index is 754. The molecule has 0 amide bonds. The minimum Gasteiger partial charge on any atom is -0.462 e. The maximum atomic E-state index is 11.8. The Balaban J connectivity index is 1.53. The van der Waals surface area contributed by atoms with Crippen LogP contribution in [-0.4, -0.2) is 22.8 Å². The molecule has 0 aromatic rings. The van der Waals surface area contributed by atoms with Crippen molar-refractivity contribution < 1.29 is 14.6 Å². The van der Waals surface area contributed by atoms with Gasteiger partial charge in [-0.3, -0.25) is 4.79 Å². The molecule has 0 radical (unpaired) electrons. The molecule has 0 aliphatic heterocycles. The molecular formula is C29H48O3. The molecule has 32 heavy (non-hydrogen) atoms. The number of rotatable bonds is 6. The average molecular weight is 445 g/mol. The number of esters is 1. The van der Waals surface area contributed by atoms with E-state index >= 15 is 0 Å². The van der Waals surface area contributed by atoms with Crippen LogP contribution in [0.5, 0.6) is 0 Å². The summed E-state index contributed by atoms with van der Waals surface area (Å²) in [6.45, 7) is 13.6. The van der Waals surface area contributed by atoms with E-state index in [9.17, 15) is 9.90 Å². The van der Waals surface area contributed by atoms with Gasteiger partial charge < -0.3 is 9.84 Å². The van der Waals surface area contributed by atoms with E-state index in [0.29, 0.717) is 11.8 Å². The number of fused-ring (bicyclic) bond motifs is 4. The number of ether oxygens (including phenoxy) is 1. The van der Waals surface area contributed by atoms with Crippen LogP contribution in [0.2, 0.25) is 0 Å². The van der Waals surface area contributed by atoms with E-state index in [-0.39, 0.29) is 17.5 Å². The van der Waals surface area contributed by atoms with Crippen LogP contribution < -0.4 is 0 Å². The Morgan fingerprint density at radius 3 is 2.50 bits per heavy atom. The molecular weight excluding hydrogens is 396 g/mol. The van der Waals surface area contributed by atoms with Crippen LogP contribution in [0.15, 0.2) is 11.1 Å². The Kier molecular flexibility index (Phi) is 6.64. The van der Waals surface area contributed by atoms with E-state index < -0.39 is 5.60 Å². The van der Waals surface area contributed by atoms with Crippen LogP contribution in [0.25, 0.3) is 0 Å². The third-order valence-corrected chi connectivity index (χ3v) is 10.6. The van der Waals surface area contributed by atoms with Gasteiger partial charge in [-0.2, -0.15) is 0 Å². The molecule has 0 spiro atoms. The normalized spacial score (nSPS) is 42.3. The molecule has 4 rings (SSSR count). The van der Waals surface area contributed by atoms with Gasteiger partial charge in [0.2, 0.25) is 0 Å². The molecule has 0 bridgehead atoms. The van der Waals surface area contributed by atoms with Crippen LogP contribution in [0.3, 0.4) is 0 Å². The summed E-state index contributed by atoms with van der Waals surface area (Å²) in [5, 5.41) is 11.8. The lowest BCUT2D eigenvalue weighted by Gasteiger charge is -2.58. The lowest BCUT2D eigenvalue weighted by atomic mass is 9.49. The van der Waals surface area contributed by atoms with E-state index in [1.807, 2.05) is 0 Å². The minimum atomic E-state index is -0.722. The Morgan fingerprint density at radius 1 is 1.06 bits per heavy atom. The summed E-state index contributed by atoms with van der Waals surface area (Å²) < 4.78 is 5.54. The smallest absolute Gasteiger partial charge is 0.302 e. The first kappa shape index (κ1) is 24.3. The summed E-state index contributed by atoms with van der Waals surface area (Å²) in [6.07, 6.45) is 13.5. The first-order chi connectivity index (χ1) is 15.0. The molecule has 2 fully saturated rings. The Hall–Kier alpha value is -0.830. The second kappa shape index (κ2) is 8.75. The lowest BCUT2D eigenvalue weighted by molar-refractivity contribution is -0.167. The van der Waals surface area contributed by atoms with Gasteiger partial charge in [0.1, 0.15) is 6.10 Å². The van der Waals surface area contributed by atoms with Crippen LogP contribution in [0, 0.1) is 34.5 Å². The topological polar surface area (TPSA) is 46.5 Å². The predicted molar refractivity (Wildman–Crippen MR) is 130 cm³/mol. The monoisotopic (exact) mass is 444 g/mol. The van der Waals surface area contributed by atoms with Gasteiger partial charge in [-0.05, 0) is 80.5 Å². The van der Waals surface area contributed by atoms with Gasteiger partial charge >= 0.3 is 5.97 Å². The third-order valence-electron chi connectivity index (χ3n) is 10.6. The summed E-state index contributed by atoms with van der Waals surface area (Å²) in [6, 6.07) is 0. The van der Waals surface area contributed by atoms with Crippen LogP contribution in [0.1, 0.15) is 119 Å². The zero-order chi connectivity index (χ0) is 23.3. The van der Waals surface area contributed by atoms with Crippen molar-refractivity contribution in [2.75, 3.05) is 0 Å². The van der Waals surface area contributed by atoms with E-state index in [2.05, 4.69) is 34.6 Å². The van der Waals surface area contributed by atoms with Crippen molar-refractivity contribution in [1.82, 2.24) is 0 Å². The Labute approximate surface area is 196 Å². The van der Waals surface area contributed by atoms with Crippen molar-refractivity contribution in [2.45, 2.75) is 130 Å². The molecule has 4 aliphatic carbocycles. The maximum Gasteiger partial charge on any atom is 0.302 e. The Morgan fingerprint density at radius 2 is 1.81 bits per heavy atom. The quantitative estimate of drug-likeness (QED) is 0.347. The number of carbonyl (C=O) groups is 1. The van der Waals surface area contributed by atoms with E-state index in [4.69, 9.17) is 4.74 Å². The van der Waals surface area contributed by atoms with Crippen molar-refractivity contribution in [1.29, 1.82) is 0 Å². The summed E-state index contributed by atoms with van der Waals surface area (Å²) >= 11 is 0. The SMILES string of the molecule is CC(=O)O[C@H]1CC[C@]2(C)C3=C(CC[C@@]2(O)C1)[C@@H]1CC[C@H]([C@H](C)CCCC(C)C)[C@@]1(C)CC3. The molecule has 0 aromatic heterocycles. The van der Waals surface area contributed by atoms with Gasteiger partial charge in [0.05, 0.1) is 5.60 Å². The largest absolute Gasteiger partial charge is 0.462 e. The number of carbonyl (C=O) groups excluding carboxylic acids is 1. The van der Waals surface area contributed by atoms with Crippen LogP contribution in [0.4, 0.5) is 0 Å². The lowest BCUT2D eigenvalue weighted by Crippen LogP contribution is -2.57. The fourth-order valence-electron chi connectivity index (χ4n) is 8.77. The number of hydrogen-bond acceptors (Lipinski definition) is 3. The van der Waals surface area contributed by atoms with Crippen molar-refractivity contribution in [3.63, 3.8) is 0 Å². The summed E-state index contributed by atoms with van der Waals surface area (Å²) in [7, 11) is 0. The minimum absolute atomic E-state index is 0.121. The predicted octanol–water partition coefficient (Wildman–Crippen LogP) is 7.22. The summed E-state index contributed by atoms with van der Waals surface area (Å²) in [5.74, 6) is 2.99. The first-order valence-corrected chi connectivity index (χ1v) is 13.6. The zero-order valence-corrected chi connectivity index (χ0v) is 21.6. The highest BCUT2D eigenvalue weighted by molar-refractivity contribution is 5.66. The van der Waals surface area contributed by atoms with Gasteiger partial charge in [0, 0.05) is 18.8 Å². The summed E-state index contributed by atoms with van der Waals surface area (Å²) in [4.78, 5) is 11.5. The van der Waals surface area contributed by atoms with Gasteiger partial charge in [-0.1, -0.05) is 65.0 Å². The molecule has 3 nitrogen and oxygen atoms in total. The molecule has 0 saturated heterocycles. The molecule has 2 saturated carbocycles. The third kappa shape index (κ3) is 3.99. The van der Waals surface area contributed by atoms with E-state index in [1.165, 1.54) is 45.4 Å². The molecule has 7 atom stereocenters. The first-order valence-electron chi connectivity index (χ1n) is 13.6. The molecule has 0 aromatic carbocycles. The molecule has 1 N–H and O–H groups in total. The van der Waals surface area contributed by atoms with Crippen molar-refractivity contribution in [2.24, 2.45) is 34.5 Å². The highest BCUT2D eigenvalue weighted by Gasteiger charge is 2.60. The van der Waals surface area contributed by atoms with Gasteiger partial charge in [-0.15, -0.1) is 0 Å². The molecule has 3 heteroatoms. The second-order valence-electron chi connectivity index (χ2n) is 12.9.